The van der Waals surface area contributed by atoms with Crippen molar-refractivity contribution in [3.63, 3.8) is 0 Å². The first kappa shape index (κ1) is 22.5. The largest absolute Gasteiger partial charge is 0.478 e. The number of pyridine rings is 1. The highest BCUT2D eigenvalue weighted by molar-refractivity contribution is 5.91. The van der Waals surface area contributed by atoms with Crippen LogP contribution in [-0.2, 0) is 6.54 Å². The molecule has 0 radical (unpaired) electrons. The lowest BCUT2D eigenvalue weighted by atomic mass is 10.1. The van der Waals surface area contributed by atoms with Crippen molar-refractivity contribution in [3.05, 3.63) is 108 Å². The molecule has 34 heavy (non-hydrogen) atoms. The number of aromatic carboxylic acids is 1. The van der Waals surface area contributed by atoms with E-state index in [1.165, 1.54) is 36.4 Å². The van der Waals surface area contributed by atoms with Crippen molar-refractivity contribution in [3.8, 4) is 22.8 Å². The van der Waals surface area contributed by atoms with E-state index in [0.29, 0.717) is 23.7 Å². The molecule has 7 nitrogen and oxygen atoms in total. The second-order valence-electron chi connectivity index (χ2n) is 7.43. The molecule has 0 aliphatic rings. The van der Waals surface area contributed by atoms with E-state index < -0.39 is 11.9 Å². The van der Waals surface area contributed by atoms with Crippen molar-refractivity contribution in [1.82, 2.24) is 4.98 Å². The number of rotatable bonds is 8. The predicted molar refractivity (Wildman–Crippen MR) is 125 cm³/mol. The number of carbonyl (C=O) groups excluding carboxylic acids is 1. The Kier molecular flexibility index (Phi) is 6.49. The van der Waals surface area contributed by atoms with Gasteiger partial charge in [0.25, 0.3) is 5.91 Å². The maximum Gasteiger partial charge on any atom is 0.335 e. The average Bonchev–Trinajstić information content (AvgIpc) is 2.84. The quantitative estimate of drug-likeness (QED) is 0.340. The number of aromatic nitrogens is 1. The number of carboxylic acid groups (broad SMARTS) is 1. The summed E-state index contributed by atoms with van der Waals surface area (Å²) in [7, 11) is 0. The Balaban J connectivity index is 1.52. The van der Waals surface area contributed by atoms with Gasteiger partial charge in [-0.3, -0.25) is 4.79 Å². The van der Waals surface area contributed by atoms with Crippen LogP contribution in [0.2, 0.25) is 0 Å². The number of nitrogens with one attached hydrogen (secondary N) is 1. The zero-order valence-corrected chi connectivity index (χ0v) is 17.9. The van der Waals surface area contributed by atoms with E-state index in [1.54, 1.807) is 42.5 Å². The van der Waals surface area contributed by atoms with Gasteiger partial charge in [-0.1, -0.05) is 0 Å². The number of halogens is 1. The third-order valence-corrected chi connectivity index (χ3v) is 4.97. The van der Waals surface area contributed by atoms with Gasteiger partial charge in [-0.25, -0.2) is 14.2 Å². The number of nitrogens with zero attached hydrogens (tertiary/aromatic N) is 1. The summed E-state index contributed by atoms with van der Waals surface area (Å²) in [6.07, 6.45) is 0. The minimum absolute atomic E-state index is 0.127. The highest BCUT2D eigenvalue weighted by Crippen LogP contribution is 2.26. The second kappa shape index (κ2) is 9.83. The van der Waals surface area contributed by atoms with Gasteiger partial charge in [0.05, 0.1) is 11.3 Å². The van der Waals surface area contributed by atoms with Gasteiger partial charge >= 0.3 is 5.97 Å². The molecule has 0 fully saturated rings. The van der Waals surface area contributed by atoms with E-state index in [1.807, 2.05) is 6.07 Å². The summed E-state index contributed by atoms with van der Waals surface area (Å²) in [6, 6.07) is 22.6. The first-order valence-corrected chi connectivity index (χ1v) is 10.3. The van der Waals surface area contributed by atoms with Crippen LogP contribution in [0.4, 0.5) is 10.1 Å². The molecule has 4 aromatic rings. The number of nitrogens with two attached hydrogens (primary N) is 1. The standard InChI is InChI=1S/C26H20FN3O4/c27-19-5-11-22(12-6-19)34-21-9-3-17(4-10-21)23-13-16(14-24(30-23)25(28)31)15-29-20-7-1-18(2-8-20)26(32)33/h1-14,29H,15H2,(H2,28,31)(H,32,33). The number of hydrogen-bond donors (Lipinski definition) is 3. The van der Waals surface area contributed by atoms with Crippen LogP contribution in [0, 0.1) is 5.82 Å². The Morgan fingerprint density at radius 1 is 0.912 bits per heavy atom. The fraction of sp³-hybridized carbons (Fsp3) is 0.0385. The van der Waals surface area contributed by atoms with E-state index >= 15 is 0 Å². The summed E-state index contributed by atoms with van der Waals surface area (Å²) >= 11 is 0. The van der Waals surface area contributed by atoms with Crippen molar-refractivity contribution in [2.75, 3.05) is 5.32 Å². The third kappa shape index (κ3) is 5.55. The lowest BCUT2D eigenvalue weighted by Gasteiger charge is -2.11. The number of primary amides is 1. The van der Waals surface area contributed by atoms with Gasteiger partial charge < -0.3 is 20.9 Å². The molecule has 1 heterocycles. The number of amides is 1. The summed E-state index contributed by atoms with van der Waals surface area (Å²) in [5.74, 6) is -0.915. The Bertz CT molecular complexity index is 1320. The second-order valence-corrected chi connectivity index (χ2v) is 7.43. The first-order chi connectivity index (χ1) is 16.4. The molecular formula is C26H20FN3O4. The molecule has 8 heteroatoms. The molecule has 0 saturated heterocycles. The summed E-state index contributed by atoms with van der Waals surface area (Å²) in [5, 5.41) is 12.2. The van der Waals surface area contributed by atoms with Crippen molar-refractivity contribution in [2.45, 2.75) is 6.54 Å². The fourth-order valence-electron chi connectivity index (χ4n) is 3.23. The van der Waals surface area contributed by atoms with E-state index in [-0.39, 0.29) is 17.1 Å². The van der Waals surface area contributed by atoms with Gasteiger partial charge in [0.1, 0.15) is 23.0 Å². The Morgan fingerprint density at radius 2 is 1.53 bits per heavy atom. The minimum atomic E-state index is -0.995. The van der Waals surface area contributed by atoms with E-state index in [4.69, 9.17) is 15.6 Å². The smallest absolute Gasteiger partial charge is 0.335 e. The lowest BCUT2D eigenvalue weighted by molar-refractivity contribution is 0.0696. The lowest BCUT2D eigenvalue weighted by Crippen LogP contribution is -2.14. The molecule has 4 rings (SSSR count). The molecule has 0 bridgehead atoms. The molecule has 0 spiro atoms. The van der Waals surface area contributed by atoms with Gasteiger partial charge in [-0.2, -0.15) is 0 Å². The predicted octanol–water partition coefficient (Wildman–Crippen LogP) is 5.09. The van der Waals surface area contributed by atoms with Gasteiger partial charge in [-0.05, 0) is 90.5 Å². The average molecular weight is 457 g/mol. The molecule has 1 amide bonds. The van der Waals surface area contributed by atoms with Crippen LogP contribution >= 0.6 is 0 Å². The SMILES string of the molecule is NC(=O)c1cc(CNc2ccc(C(=O)O)cc2)cc(-c2ccc(Oc3ccc(F)cc3)cc2)n1. The molecule has 0 saturated carbocycles. The molecule has 0 aliphatic heterocycles. The molecular weight excluding hydrogens is 437 g/mol. The van der Waals surface area contributed by atoms with Crippen LogP contribution in [0.15, 0.2) is 84.9 Å². The van der Waals surface area contributed by atoms with E-state index in [9.17, 15) is 14.0 Å². The maximum atomic E-state index is 13.1. The molecule has 0 atom stereocenters. The van der Waals surface area contributed by atoms with Crippen molar-refractivity contribution >= 4 is 17.6 Å². The van der Waals surface area contributed by atoms with Crippen LogP contribution in [0.3, 0.4) is 0 Å². The summed E-state index contributed by atoms with van der Waals surface area (Å²) in [5.41, 5.74) is 8.61. The number of carbonyl (C=O) groups is 2. The Hall–Kier alpha value is -4.72. The molecule has 0 aliphatic carbocycles. The minimum Gasteiger partial charge on any atom is -0.478 e. The topological polar surface area (TPSA) is 115 Å². The molecule has 170 valence electrons. The third-order valence-electron chi connectivity index (χ3n) is 4.97. The first-order valence-electron chi connectivity index (χ1n) is 10.3. The maximum absolute atomic E-state index is 13.1. The van der Waals surface area contributed by atoms with Gasteiger partial charge in [0, 0.05) is 17.8 Å². The van der Waals surface area contributed by atoms with Crippen LogP contribution in [0.5, 0.6) is 11.5 Å². The van der Waals surface area contributed by atoms with E-state index in [2.05, 4.69) is 10.3 Å². The molecule has 0 unspecified atom stereocenters. The zero-order chi connectivity index (χ0) is 24.1. The Labute approximate surface area is 194 Å². The number of carboxylic acids is 1. The van der Waals surface area contributed by atoms with Crippen molar-refractivity contribution in [2.24, 2.45) is 5.73 Å². The van der Waals surface area contributed by atoms with Crippen molar-refractivity contribution < 1.29 is 23.8 Å². The van der Waals surface area contributed by atoms with Crippen LogP contribution in [-0.4, -0.2) is 22.0 Å². The van der Waals surface area contributed by atoms with E-state index in [0.717, 1.165) is 16.8 Å². The summed E-state index contributed by atoms with van der Waals surface area (Å²) in [6.45, 7) is 0.369. The van der Waals surface area contributed by atoms with Gasteiger partial charge in [0.15, 0.2) is 0 Å². The highest BCUT2D eigenvalue weighted by Gasteiger charge is 2.10. The zero-order valence-electron chi connectivity index (χ0n) is 17.9. The van der Waals surface area contributed by atoms with Crippen molar-refractivity contribution in [1.29, 1.82) is 0 Å². The van der Waals surface area contributed by atoms with Crippen LogP contribution in [0.1, 0.15) is 26.4 Å². The summed E-state index contributed by atoms with van der Waals surface area (Å²) < 4.78 is 18.8. The molecule has 3 aromatic carbocycles. The summed E-state index contributed by atoms with van der Waals surface area (Å²) in [4.78, 5) is 27.2. The fourth-order valence-corrected chi connectivity index (χ4v) is 3.23. The normalized spacial score (nSPS) is 10.5. The number of benzene rings is 3. The number of hydrogen-bond acceptors (Lipinski definition) is 5. The molecule has 4 N–H and O–H groups in total. The van der Waals surface area contributed by atoms with Gasteiger partial charge in [0.2, 0.25) is 0 Å². The Morgan fingerprint density at radius 3 is 2.12 bits per heavy atom. The monoisotopic (exact) mass is 457 g/mol. The van der Waals surface area contributed by atoms with Crippen LogP contribution in [0.25, 0.3) is 11.3 Å². The molecule has 1 aromatic heterocycles. The van der Waals surface area contributed by atoms with Crippen LogP contribution < -0.4 is 15.8 Å². The highest BCUT2D eigenvalue weighted by atomic mass is 19.1. The number of anilines is 1. The number of ether oxygens (including phenoxy) is 1. The van der Waals surface area contributed by atoms with Gasteiger partial charge in [-0.15, -0.1) is 0 Å².